The molecule has 2 rings (SSSR count). The minimum atomic E-state index is 0.120. The average molecular weight is 287 g/mol. The Morgan fingerprint density at radius 2 is 1.48 bits per heavy atom. The van der Waals surface area contributed by atoms with Crippen LogP contribution in [-0.2, 0) is 0 Å². The SMILES string of the molecule is CNC(C)c1c(OC)cccc1Oc1ccc(OC)cc1. The number of methoxy groups -OCH3 is 2. The molecule has 1 N–H and O–H groups in total. The van der Waals surface area contributed by atoms with Gasteiger partial charge in [-0.2, -0.15) is 0 Å². The third kappa shape index (κ3) is 3.47. The molecular formula is C17H21NO3. The smallest absolute Gasteiger partial charge is 0.135 e. The van der Waals surface area contributed by atoms with Crippen LogP contribution in [-0.4, -0.2) is 21.3 Å². The number of nitrogens with one attached hydrogen (secondary N) is 1. The van der Waals surface area contributed by atoms with Crippen molar-refractivity contribution in [1.82, 2.24) is 5.32 Å². The van der Waals surface area contributed by atoms with E-state index in [0.29, 0.717) is 0 Å². The molecule has 0 aromatic heterocycles. The van der Waals surface area contributed by atoms with E-state index >= 15 is 0 Å². The van der Waals surface area contributed by atoms with Crippen molar-refractivity contribution in [3.8, 4) is 23.0 Å². The summed E-state index contributed by atoms with van der Waals surface area (Å²) in [4.78, 5) is 0. The average Bonchev–Trinajstić information content (AvgIpc) is 2.54. The van der Waals surface area contributed by atoms with Gasteiger partial charge in [0, 0.05) is 6.04 Å². The maximum atomic E-state index is 6.00. The van der Waals surface area contributed by atoms with Crippen molar-refractivity contribution in [3.05, 3.63) is 48.0 Å². The molecule has 0 aliphatic rings. The fourth-order valence-corrected chi connectivity index (χ4v) is 2.13. The van der Waals surface area contributed by atoms with Gasteiger partial charge in [-0.05, 0) is 50.4 Å². The summed E-state index contributed by atoms with van der Waals surface area (Å²) >= 11 is 0. The molecule has 1 unspecified atom stereocenters. The van der Waals surface area contributed by atoms with Crippen LogP contribution in [0.25, 0.3) is 0 Å². The van der Waals surface area contributed by atoms with Crippen molar-refractivity contribution >= 4 is 0 Å². The zero-order valence-corrected chi connectivity index (χ0v) is 12.8. The third-order valence-electron chi connectivity index (χ3n) is 3.40. The van der Waals surface area contributed by atoms with E-state index in [0.717, 1.165) is 28.6 Å². The molecule has 4 nitrogen and oxygen atoms in total. The number of hydrogen-bond donors (Lipinski definition) is 1. The van der Waals surface area contributed by atoms with Crippen molar-refractivity contribution < 1.29 is 14.2 Å². The lowest BCUT2D eigenvalue weighted by atomic mass is 10.1. The zero-order chi connectivity index (χ0) is 15.2. The molecular weight excluding hydrogens is 266 g/mol. The second-order valence-electron chi connectivity index (χ2n) is 4.66. The summed E-state index contributed by atoms with van der Waals surface area (Å²) in [5.74, 6) is 3.15. The Bertz CT molecular complexity index is 581. The molecule has 4 heteroatoms. The fourth-order valence-electron chi connectivity index (χ4n) is 2.13. The number of rotatable bonds is 6. The first-order chi connectivity index (χ1) is 10.2. The quantitative estimate of drug-likeness (QED) is 0.877. The second kappa shape index (κ2) is 6.99. The molecule has 1 atom stereocenters. The lowest BCUT2D eigenvalue weighted by Gasteiger charge is -2.19. The van der Waals surface area contributed by atoms with Crippen molar-refractivity contribution in [2.75, 3.05) is 21.3 Å². The Morgan fingerprint density at radius 1 is 0.857 bits per heavy atom. The molecule has 0 heterocycles. The van der Waals surface area contributed by atoms with E-state index in [1.54, 1.807) is 14.2 Å². The summed E-state index contributed by atoms with van der Waals surface area (Å²) in [5, 5.41) is 3.22. The van der Waals surface area contributed by atoms with Crippen molar-refractivity contribution in [1.29, 1.82) is 0 Å². The van der Waals surface area contributed by atoms with Crippen LogP contribution in [0.2, 0.25) is 0 Å². The van der Waals surface area contributed by atoms with Gasteiger partial charge in [-0.3, -0.25) is 0 Å². The summed E-state index contributed by atoms with van der Waals surface area (Å²) in [5.41, 5.74) is 0.998. The first-order valence-corrected chi connectivity index (χ1v) is 6.85. The van der Waals surface area contributed by atoms with Crippen LogP contribution in [0, 0.1) is 0 Å². The van der Waals surface area contributed by atoms with Crippen molar-refractivity contribution in [2.45, 2.75) is 13.0 Å². The Labute approximate surface area is 125 Å². The molecule has 0 saturated carbocycles. The topological polar surface area (TPSA) is 39.7 Å². The van der Waals surface area contributed by atoms with Gasteiger partial charge in [0.2, 0.25) is 0 Å². The number of hydrogen-bond acceptors (Lipinski definition) is 4. The summed E-state index contributed by atoms with van der Waals surface area (Å²) < 4.78 is 16.6. The van der Waals surface area contributed by atoms with E-state index in [9.17, 15) is 0 Å². The van der Waals surface area contributed by atoms with Gasteiger partial charge >= 0.3 is 0 Å². The minimum absolute atomic E-state index is 0.120. The van der Waals surface area contributed by atoms with Crippen molar-refractivity contribution in [2.24, 2.45) is 0 Å². The summed E-state index contributed by atoms with van der Waals surface area (Å²) in [6, 6.07) is 13.4. The molecule has 0 aliphatic heterocycles. The third-order valence-corrected chi connectivity index (χ3v) is 3.40. The van der Waals surface area contributed by atoms with E-state index in [1.165, 1.54) is 0 Å². The zero-order valence-electron chi connectivity index (χ0n) is 12.8. The van der Waals surface area contributed by atoms with Gasteiger partial charge in [0.15, 0.2) is 0 Å². The maximum Gasteiger partial charge on any atom is 0.135 e. The predicted octanol–water partition coefficient (Wildman–Crippen LogP) is 3.78. The van der Waals surface area contributed by atoms with Crippen LogP contribution in [0.1, 0.15) is 18.5 Å². The van der Waals surface area contributed by atoms with Crippen LogP contribution in [0.15, 0.2) is 42.5 Å². The lowest BCUT2D eigenvalue weighted by Crippen LogP contribution is -2.14. The van der Waals surface area contributed by atoms with Crippen LogP contribution in [0.5, 0.6) is 23.0 Å². The second-order valence-corrected chi connectivity index (χ2v) is 4.66. The van der Waals surface area contributed by atoms with Gasteiger partial charge in [0.25, 0.3) is 0 Å². The highest BCUT2D eigenvalue weighted by Crippen LogP contribution is 2.36. The molecule has 0 aliphatic carbocycles. The minimum Gasteiger partial charge on any atom is -0.497 e. The van der Waals surface area contributed by atoms with Crippen LogP contribution < -0.4 is 19.5 Å². The highest BCUT2D eigenvalue weighted by molar-refractivity contribution is 5.48. The molecule has 0 saturated heterocycles. The van der Waals surface area contributed by atoms with E-state index in [4.69, 9.17) is 14.2 Å². The van der Waals surface area contributed by atoms with Gasteiger partial charge in [-0.15, -0.1) is 0 Å². The van der Waals surface area contributed by atoms with Gasteiger partial charge in [0.05, 0.1) is 19.8 Å². The Morgan fingerprint density at radius 3 is 2.05 bits per heavy atom. The monoisotopic (exact) mass is 287 g/mol. The van der Waals surface area contributed by atoms with Crippen LogP contribution in [0.4, 0.5) is 0 Å². The largest absolute Gasteiger partial charge is 0.497 e. The first kappa shape index (κ1) is 15.2. The van der Waals surface area contributed by atoms with Gasteiger partial charge in [0.1, 0.15) is 23.0 Å². The van der Waals surface area contributed by atoms with Gasteiger partial charge in [-0.1, -0.05) is 6.07 Å². The normalized spacial score (nSPS) is 11.8. The van der Waals surface area contributed by atoms with Gasteiger partial charge < -0.3 is 19.5 Å². The summed E-state index contributed by atoms with van der Waals surface area (Å²) in [6.07, 6.45) is 0. The highest BCUT2D eigenvalue weighted by Gasteiger charge is 2.16. The lowest BCUT2D eigenvalue weighted by molar-refractivity contribution is 0.392. The molecule has 0 bridgehead atoms. The Kier molecular flexibility index (Phi) is 5.06. The molecule has 2 aromatic carbocycles. The number of ether oxygens (including phenoxy) is 3. The number of benzene rings is 2. The van der Waals surface area contributed by atoms with Crippen LogP contribution >= 0.6 is 0 Å². The Balaban J connectivity index is 2.33. The summed E-state index contributed by atoms with van der Waals surface area (Å²) in [7, 11) is 5.22. The molecule has 112 valence electrons. The van der Waals surface area contributed by atoms with E-state index < -0.39 is 0 Å². The van der Waals surface area contributed by atoms with E-state index in [2.05, 4.69) is 12.2 Å². The molecule has 2 aromatic rings. The van der Waals surface area contributed by atoms with Gasteiger partial charge in [-0.25, -0.2) is 0 Å². The maximum absolute atomic E-state index is 6.00. The van der Waals surface area contributed by atoms with E-state index in [1.807, 2.05) is 49.5 Å². The highest BCUT2D eigenvalue weighted by atomic mass is 16.5. The van der Waals surface area contributed by atoms with Crippen molar-refractivity contribution in [3.63, 3.8) is 0 Å². The first-order valence-electron chi connectivity index (χ1n) is 6.85. The van der Waals surface area contributed by atoms with Crippen LogP contribution in [0.3, 0.4) is 0 Å². The standard InChI is InChI=1S/C17H21NO3/c1-12(18-2)17-15(20-4)6-5-7-16(17)21-14-10-8-13(19-3)9-11-14/h5-12,18H,1-4H3. The Hall–Kier alpha value is -2.20. The molecule has 0 radical (unpaired) electrons. The molecule has 0 fully saturated rings. The molecule has 0 amide bonds. The fraction of sp³-hybridized carbons (Fsp3) is 0.294. The van der Waals surface area contributed by atoms with E-state index in [-0.39, 0.29) is 6.04 Å². The molecule has 0 spiro atoms. The predicted molar refractivity (Wildman–Crippen MR) is 83.5 cm³/mol. The summed E-state index contributed by atoms with van der Waals surface area (Å²) in [6.45, 7) is 2.07. The molecule has 21 heavy (non-hydrogen) atoms.